The van der Waals surface area contributed by atoms with Crippen LogP contribution in [0.15, 0.2) is 33.7 Å². The molecule has 0 spiro atoms. The first-order valence-electron chi connectivity index (χ1n) is 6.46. The number of nitrogens with zero attached hydrogens (tertiary/aromatic N) is 1. The molecular weight excluding hydrogens is 302 g/mol. The average molecular weight is 322 g/mol. The molecule has 0 bridgehead atoms. The molecule has 19 heavy (non-hydrogen) atoms. The van der Waals surface area contributed by atoms with Crippen molar-refractivity contribution in [2.24, 2.45) is 4.99 Å². The molecule has 0 aliphatic rings. The molecule has 102 valence electrons. The Morgan fingerprint density at radius 1 is 1.42 bits per heavy atom. The Hall–Kier alpha value is -1.47. The van der Waals surface area contributed by atoms with Gasteiger partial charge in [-0.3, -0.25) is 4.99 Å². The highest BCUT2D eigenvalue weighted by Crippen LogP contribution is 2.12. The Kier molecular flexibility index (Phi) is 7.76. The van der Waals surface area contributed by atoms with Crippen molar-refractivity contribution in [3.8, 4) is 12.3 Å². The summed E-state index contributed by atoms with van der Waals surface area (Å²) in [6.45, 7) is 4.15. The second-order valence-electron chi connectivity index (χ2n) is 4.05. The number of aryl methyl sites for hydroxylation is 1. The average Bonchev–Trinajstić information content (AvgIpc) is 2.41. The number of hydrogen-bond acceptors (Lipinski definition) is 1. The Labute approximate surface area is 124 Å². The molecule has 0 aromatic heterocycles. The summed E-state index contributed by atoms with van der Waals surface area (Å²) in [5.74, 6) is 3.33. The lowest BCUT2D eigenvalue weighted by Gasteiger charge is -2.08. The predicted octanol–water partition coefficient (Wildman–Crippen LogP) is 2.57. The third kappa shape index (κ3) is 6.88. The summed E-state index contributed by atoms with van der Waals surface area (Å²) >= 11 is 3.48. The smallest absolute Gasteiger partial charge is 0.192 e. The van der Waals surface area contributed by atoms with Crippen LogP contribution in [0.5, 0.6) is 0 Å². The van der Waals surface area contributed by atoms with Crippen molar-refractivity contribution in [3.05, 3.63) is 34.3 Å². The molecule has 2 N–H and O–H groups in total. The van der Waals surface area contributed by atoms with E-state index in [-0.39, 0.29) is 0 Å². The first-order valence-corrected chi connectivity index (χ1v) is 7.25. The van der Waals surface area contributed by atoms with Crippen LogP contribution in [-0.2, 0) is 6.42 Å². The van der Waals surface area contributed by atoms with Crippen LogP contribution in [0.25, 0.3) is 0 Å². The molecule has 0 radical (unpaired) electrons. The monoisotopic (exact) mass is 321 g/mol. The van der Waals surface area contributed by atoms with Gasteiger partial charge >= 0.3 is 0 Å². The van der Waals surface area contributed by atoms with Gasteiger partial charge in [0, 0.05) is 17.6 Å². The summed E-state index contributed by atoms with van der Waals surface area (Å²) < 4.78 is 1.12. The fraction of sp³-hybridized carbons (Fsp3) is 0.400. The Bertz CT molecular complexity index is 449. The van der Waals surface area contributed by atoms with Crippen LogP contribution in [0.2, 0.25) is 0 Å². The summed E-state index contributed by atoms with van der Waals surface area (Å²) in [7, 11) is 0. The normalized spacial score (nSPS) is 10.9. The quantitative estimate of drug-likeness (QED) is 0.365. The number of terminal acetylenes is 1. The number of aliphatic imine (C=N–C) groups is 1. The summed E-state index contributed by atoms with van der Waals surface area (Å²) in [6, 6.07) is 8.37. The van der Waals surface area contributed by atoms with Crippen molar-refractivity contribution < 1.29 is 0 Å². The van der Waals surface area contributed by atoms with Crippen LogP contribution in [0.3, 0.4) is 0 Å². The Morgan fingerprint density at radius 3 is 2.95 bits per heavy atom. The summed E-state index contributed by atoms with van der Waals surface area (Å²) in [5, 5.41) is 6.23. The first kappa shape index (κ1) is 15.6. The molecule has 0 aliphatic carbocycles. The van der Waals surface area contributed by atoms with E-state index < -0.39 is 0 Å². The van der Waals surface area contributed by atoms with Crippen LogP contribution in [0.4, 0.5) is 0 Å². The fourth-order valence-electron chi connectivity index (χ4n) is 1.64. The lowest BCUT2D eigenvalue weighted by Crippen LogP contribution is -2.37. The van der Waals surface area contributed by atoms with Gasteiger partial charge in [-0.1, -0.05) is 34.0 Å². The fourth-order valence-corrected chi connectivity index (χ4v) is 2.09. The molecule has 0 aliphatic heterocycles. The molecule has 0 unspecified atom stereocenters. The number of halogens is 1. The summed E-state index contributed by atoms with van der Waals surface area (Å²) in [4.78, 5) is 4.48. The molecule has 0 saturated heterocycles. The molecule has 0 saturated carbocycles. The lowest BCUT2D eigenvalue weighted by atomic mass is 10.1. The van der Waals surface area contributed by atoms with Gasteiger partial charge in [-0.15, -0.1) is 6.42 Å². The SMILES string of the molecule is C#CCNC(=NCCCc1cccc(Br)c1)NCC. The third-order valence-electron chi connectivity index (χ3n) is 2.48. The molecule has 4 heteroatoms. The zero-order chi connectivity index (χ0) is 13.9. The zero-order valence-electron chi connectivity index (χ0n) is 11.2. The van der Waals surface area contributed by atoms with Gasteiger partial charge in [0.2, 0.25) is 0 Å². The number of rotatable bonds is 6. The van der Waals surface area contributed by atoms with Gasteiger partial charge in [0.05, 0.1) is 6.54 Å². The van der Waals surface area contributed by atoms with Crippen LogP contribution < -0.4 is 10.6 Å². The van der Waals surface area contributed by atoms with E-state index in [2.05, 4.69) is 55.7 Å². The van der Waals surface area contributed by atoms with Crippen molar-refractivity contribution in [1.82, 2.24) is 10.6 Å². The maximum absolute atomic E-state index is 5.22. The van der Waals surface area contributed by atoms with Crippen molar-refractivity contribution in [2.75, 3.05) is 19.6 Å². The number of guanidine groups is 1. The largest absolute Gasteiger partial charge is 0.357 e. The minimum absolute atomic E-state index is 0.497. The standard InChI is InChI=1S/C15H20BrN3/c1-3-10-18-15(17-4-2)19-11-6-8-13-7-5-9-14(16)12-13/h1,5,7,9,12H,4,6,8,10-11H2,2H3,(H2,17,18,19). The van der Waals surface area contributed by atoms with Gasteiger partial charge in [0.25, 0.3) is 0 Å². The first-order chi connectivity index (χ1) is 9.26. The van der Waals surface area contributed by atoms with E-state index in [1.54, 1.807) is 0 Å². The number of hydrogen-bond donors (Lipinski definition) is 2. The van der Waals surface area contributed by atoms with E-state index in [1.807, 2.05) is 13.0 Å². The van der Waals surface area contributed by atoms with E-state index in [0.717, 1.165) is 36.4 Å². The Morgan fingerprint density at radius 2 is 2.26 bits per heavy atom. The molecule has 0 amide bonds. The summed E-state index contributed by atoms with van der Waals surface area (Å²) in [6.07, 6.45) is 7.26. The van der Waals surface area contributed by atoms with E-state index in [1.165, 1.54) is 5.56 Å². The van der Waals surface area contributed by atoms with Crippen LogP contribution in [0, 0.1) is 12.3 Å². The van der Waals surface area contributed by atoms with Crippen LogP contribution >= 0.6 is 15.9 Å². The molecular formula is C15H20BrN3. The van der Waals surface area contributed by atoms with E-state index in [0.29, 0.717) is 6.54 Å². The van der Waals surface area contributed by atoms with Gasteiger partial charge in [-0.25, -0.2) is 0 Å². The minimum atomic E-state index is 0.497. The molecule has 0 heterocycles. The van der Waals surface area contributed by atoms with E-state index in [9.17, 15) is 0 Å². The zero-order valence-corrected chi connectivity index (χ0v) is 12.8. The van der Waals surface area contributed by atoms with Gasteiger partial charge in [0.1, 0.15) is 0 Å². The predicted molar refractivity (Wildman–Crippen MR) is 85.3 cm³/mol. The molecule has 1 rings (SSSR count). The highest BCUT2D eigenvalue weighted by molar-refractivity contribution is 9.10. The van der Waals surface area contributed by atoms with Gasteiger partial charge < -0.3 is 10.6 Å². The second-order valence-corrected chi connectivity index (χ2v) is 4.97. The van der Waals surface area contributed by atoms with Gasteiger partial charge in [-0.2, -0.15) is 0 Å². The molecule has 3 nitrogen and oxygen atoms in total. The van der Waals surface area contributed by atoms with Crippen LogP contribution in [0.1, 0.15) is 18.9 Å². The molecule has 0 atom stereocenters. The summed E-state index contributed by atoms with van der Waals surface area (Å²) in [5.41, 5.74) is 1.33. The topological polar surface area (TPSA) is 36.4 Å². The third-order valence-corrected chi connectivity index (χ3v) is 2.98. The van der Waals surface area contributed by atoms with Gasteiger partial charge in [-0.05, 0) is 37.5 Å². The molecule has 0 fully saturated rings. The van der Waals surface area contributed by atoms with E-state index >= 15 is 0 Å². The second kappa shape index (κ2) is 9.46. The molecule has 1 aromatic carbocycles. The highest BCUT2D eigenvalue weighted by Gasteiger charge is 1.96. The minimum Gasteiger partial charge on any atom is -0.357 e. The number of benzene rings is 1. The highest BCUT2D eigenvalue weighted by atomic mass is 79.9. The Balaban J connectivity index is 2.36. The van der Waals surface area contributed by atoms with Crippen molar-refractivity contribution >= 4 is 21.9 Å². The van der Waals surface area contributed by atoms with Crippen molar-refractivity contribution in [1.29, 1.82) is 0 Å². The van der Waals surface area contributed by atoms with Crippen molar-refractivity contribution in [2.45, 2.75) is 19.8 Å². The maximum Gasteiger partial charge on any atom is 0.192 e. The van der Waals surface area contributed by atoms with E-state index in [4.69, 9.17) is 6.42 Å². The molecule has 1 aromatic rings. The van der Waals surface area contributed by atoms with Gasteiger partial charge in [0.15, 0.2) is 5.96 Å². The van der Waals surface area contributed by atoms with Crippen LogP contribution in [-0.4, -0.2) is 25.6 Å². The van der Waals surface area contributed by atoms with Crippen molar-refractivity contribution in [3.63, 3.8) is 0 Å². The lowest BCUT2D eigenvalue weighted by molar-refractivity contribution is 0.803. The number of nitrogens with one attached hydrogen (secondary N) is 2. The maximum atomic E-state index is 5.22.